The van der Waals surface area contributed by atoms with Crippen molar-refractivity contribution in [1.29, 1.82) is 0 Å². The Labute approximate surface area is 175 Å². The summed E-state index contributed by atoms with van der Waals surface area (Å²) in [5, 5.41) is 8.52. The SMILES string of the molecule is CCc1sc2nc(Cl)nc(NC3CCNCC3)c2c1-c1ccc(C(C)C)cc1. The predicted molar refractivity (Wildman–Crippen MR) is 121 cm³/mol. The van der Waals surface area contributed by atoms with Crippen LogP contribution in [0.5, 0.6) is 0 Å². The van der Waals surface area contributed by atoms with E-state index in [0.29, 0.717) is 17.2 Å². The van der Waals surface area contributed by atoms with Gasteiger partial charge in [0.25, 0.3) is 0 Å². The summed E-state index contributed by atoms with van der Waals surface area (Å²) in [7, 11) is 0. The molecular weight excluding hydrogens is 388 g/mol. The molecule has 2 aromatic heterocycles. The topological polar surface area (TPSA) is 49.8 Å². The monoisotopic (exact) mass is 414 g/mol. The van der Waals surface area contributed by atoms with Crippen LogP contribution in [-0.2, 0) is 6.42 Å². The number of piperidine rings is 1. The van der Waals surface area contributed by atoms with Crippen LogP contribution in [0.25, 0.3) is 21.3 Å². The van der Waals surface area contributed by atoms with Gasteiger partial charge in [0.05, 0.1) is 5.39 Å². The molecule has 0 amide bonds. The first-order chi connectivity index (χ1) is 13.6. The van der Waals surface area contributed by atoms with Crippen molar-refractivity contribution in [3.63, 3.8) is 0 Å². The van der Waals surface area contributed by atoms with E-state index in [1.54, 1.807) is 11.3 Å². The summed E-state index contributed by atoms with van der Waals surface area (Å²) in [6.07, 6.45) is 3.14. The lowest BCUT2D eigenvalue weighted by Crippen LogP contribution is -2.35. The molecule has 28 heavy (non-hydrogen) atoms. The van der Waals surface area contributed by atoms with Gasteiger partial charge < -0.3 is 10.6 Å². The fourth-order valence-corrected chi connectivity index (χ4v) is 5.23. The lowest BCUT2D eigenvalue weighted by atomic mass is 9.97. The summed E-state index contributed by atoms with van der Waals surface area (Å²) >= 11 is 8.01. The molecule has 1 aliphatic heterocycles. The largest absolute Gasteiger partial charge is 0.367 e. The summed E-state index contributed by atoms with van der Waals surface area (Å²) < 4.78 is 0. The van der Waals surface area contributed by atoms with Crippen LogP contribution in [0.2, 0.25) is 5.28 Å². The molecule has 0 atom stereocenters. The van der Waals surface area contributed by atoms with Gasteiger partial charge in [-0.05, 0) is 61.0 Å². The molecule has 1 aromatic carbocycles. The Morgan fingerprint density at radius 3 is 2.54 bits per heavy atom. The van der Waals surface area contributed by atoms with Crippen LogP contribution in [-0.4, -0.2) is 29.1 Å². The third kappa shape index (κ3) is 3.88. The molecule has 4 rings (SSSR count). The van der Waals surface area contributed by atoms with Crippen LogP contribution in [0, 0.1) is 0 Å². The zero-order valence-electron chi connectivity index (χ0n) is 16.7. The lowest BCUT2D eigenvalue weighted by molar-refractivity contribution is 0.478. The minimum absolute atomic E-state index is 0.314. The highest BCUT2D eigenvalue weighted by Gasteiger charge is 2.22. The quantitative estimate of drug-likeness (QED) is 0.513. The van der Waals surface area contributed by atoms with Gasteiger partial charge in [-0.1, -0.05) is 45.0 Å². The average molecular weight is 415 g/mol. The van der Waals surface area contributed by atoms with Crippen LogP contribution in [0.3, 0.4) is 0 Å². The number of rotatable bonds is 5. The number of nitrogens with one attached hydrogen (secondary N) is 2. The zero-order chi connectivity index (χ0) is 19.7. The third-order valence-corrected chi connectivity index (χ3v) is 6.86. The van der Waals surface area contributed by atoms with Crippen molar-refractivity contribution in [2.75, 3.05) is 18.4 Å². The molecule has 0 spiro atoms. The van der Waals surface area contributed by atoms with Crippen LogP contribution >= 0.6 is 22.9 Å². The van der Waals surface area contributed by atoms with Crippen LogP contribution < -0.4 is 10.6 Å². The summed E-state index contributed by atoms with van der Waals surface area (Å²) in [4.78, 5) is 11.5. The Hall–Kier alpha value is -1.69. The van der Waals surface area contributed by atoms with Gasteiger partial charge in [0.15, 0.2) is 0 Å². The average Bonchev–Trinajstić information content (AvgIpc) is 3.07. The maximum absolute atomic E-state index is 6.28. The summed E-state index contributed by atoms with van der Waals surface area (Å²) in [6.45, 7) is 8.72. The maximum Gasteiger partial charge on any atom is 0.225 e. The number of anilines is 1. The second-order valence-corrected chi connectivity index (χ2v) is 9.14. The van der Waals surface area contributed by atoms with Gasteiger partial charge >= 0.3 is 0 Å². The smallest absolute Gasteiger partial charge is 0.225 e. The number of fused-ring (bicyclic) bond motifs is 1. The standard InChI is InChI=1S/C22H27ClN4S/c1-4-17-18(15-7-5-14(6-8-15)13(2)3)19-20(25-16-9-11-24-12-10-16)26-22(23)27-21(19)28-17/h5-8,13,16,24H,4,9-12H2,1-3H3,(H,25,26,27). The van der Waals surface area contributed by atoms with E-state index in [-0.39, 0.29) is 0 Å². The van der Waals surface area contributed by atoms with Crippen molar-refractivity contribution in [2.45, 2.75) is 52.0 Å². The summed E-state index contributed by atoms with van der Waals surface area (Å²) in [5.74, 6) is 1.40. The molecule has 1 fully saturated rings. The first-order valence-corrected chi connectivity index (χ1v) is 11.3. The van der Waals surface area contributed by atoms with Crippen molar-refractivity contribution < 1.29 is 0 Å². The van der Waals surface area contributed by atoms with Gasteiger partial charge in [-0.15, -0.1) is 11.3 Å². The van der Waals surface area contributed by atoms with E-state index in [1.165, 1.54) is 21.6 Å². The van der Waals surface area contributed by atoms with Crippen molar-refractivity contribution in [3.8, 4) is 11.1 Å². The predicted octanol–water partition coefficient (Wildman–Crippen LogP) is 5.86. The number of nitrogens with zero attached hydrogens (tertiary/aromatic N) is 2. The Bertz CT molecular complexity index is 959. The van der Waals surface area contributed by atoms with Gasteiger partial charge in [-0.3, -0.25) is 0 Å². The van der Waals surface area contributed by atoms with E-state index >= 15 is 0 Å². The van der Waals surface area contributed by atoms with Gasteiger partial charge in [0.2, 0.25) is 5.28 Å². The van der Waals surface area contributed by atoms with E-state index in [1.807, 2.05) is 0 Å². The summed E-state index contributed by atoms with van der Waals surface area (Å²) in [6, 6.07) is 9.35. The highest BCUT2D eigenvalue weighted by Crippen LogP contribution is 2.42. The highest BCUT2D eigenvalue weighted by atomic mass is 35.5. The molecule has 0 aliphatic carbocycles. The second kappa shape index (κ2) is 8.36. The van der Waals surface area contributed by atoms with E-state index in [9.17, 15) is 0 Å². The van der Waals surface area contributed by atoms with Gasteiger partial charge in [-0.25, -0.2) is 9.97 Å². The summed E-state index contributed by atoms with van der Waals surface area (Å²) in [5.41, 5.74) is 3.84. The third-order valence-electron chi connectivity index (χ3n) is 5.46. The Balaban J connectivity index is 1.84. The van der Waals surface area contributed by atoms with Crippen LogP contribution in [0.15, 0.2) is 24.3 Å². The molecule has 1 aliphatic rings. The molecule has 0 saturated carbocycles. The normalized spacial score (nSPS) is 15.5. The minimum Gasteiger partial charge on any atom is -0.367 e. The van der Waals surface area contributed by atoms with Gasteiger partial charge in [-0.2, -0.15) is 0 Å². The molecule has 0 bridgehead atoms. The molecule has 3 heterocycles. The second-order valence-electron chi connectivity index (χ2n) is 7.72. The number of benzene rings is 1. The zero-order valence-corrected chi connectivity index (χ0v) is 18.3. The molecular formula is C22H27ClN4S. The number of hydrogen-bond donors (Lipinski definition) is 2. The number of aromatic nitrogens is 2. The van der Waals surface area contributed by atoms with Crippen molar-refractivity contribution in [1.82, 2.24) is 15.3 Å². The van der Waals surface area contributed by atoms with E-state index in [0.717, 1.165) is 48.4 Å². The van der Waals surface area contributed by atoms with E-state index in [2.05, 4.69) is 65.6 Å². The number of thiophene rings is 1. The van der Waals surface area contributed by atoms with Crippen LogP contribution in [0.1, 0.15) is 50.0 Å². The fraction of sp³-hybridized carbons (Fsp3) is 0.455. The van der Waals surface area contributed by atoms with Crippen LogP contribution in [0.4, 0.5) is 5.82 Å². The number of halogens is 1. The first-order valence-electron chi connectivity index (χ1n) is 10.1. The van der Waals surface area contributed by atoms with E-state index < -0.39 is 0 Å². The maximum atomic E-state index is 6.28. The molecule has 6 heteroatoms. The molecule has 1 saturated heterocycles. The lowest BCUT2D eigenvalue weighted by Gasteiger charge is -2.24. The van der Waals surface area contributed by atoms with Crippen molar-refractivity contribution in [2.24, 2.45) is 0 Å². The van der Waals surface area contributed by atoms with Gasteiger partial charge in [0, 0.05) is 16.5 Å². The first kappa shape index (κ1) is 19.6. The molecule has 0 radical (unpaired) electrons. The number of hydrogen-bond acceptors (Lipinski definition) is 5. The van der Waals surface area contributed by atoms with Gasteiger partial charge in [0.1, 0.15) is 10.6 Å². The fourth-order valence-electron chi connectivity index (χ4n) is 3.87. The highest BCUT2D eigenvalue weighted by molar-refractivity contribution is 7.19. The Morgan fingerprint density at radius 2 is 1.89 bits per heavy atom. The Kier molecular flexibility index (Phi) is 5.85. The van der Waals surface area contributed by atoms with Crippen molar-refractivity contribution in [3.05, 3.63) is 40.0 Å². The number of aryl methyl sites for hydroxylation is 1. The molecule has 3 aromatic rings. The molecule has 148 valence electrons. The minimum atomic E-state index is 0.314. The molecule has 4 nitrogen and oxygen atoms in total. The Morgan fingerprint density at radius 1 is 1.18 bits per heavy atom. The molecule has 0 unspecified atom stereocenters. The molecule has 2 N–H and O–H groups in total. The van der Waals surface area contributed by atoms with Crippen molar-refractivity contribution >= 4 is 39.0 Å². The van der Waals surface area contributed by atoms with E-state index in [4.69, 9.17) is 11.6 Å².